The largest absolute Gasteiger partial charge is 0.455 e. The van der Waals surface area contributed by atoms with Gasteiger partial charge in [-0.3, -0.25) is 4.98 Å². The van der Waals surface area contributed by atoms with Gasteiger partial charge in [-0.25, -0.2) is 0 Å². The van der Waals surface area contributed by atoms with E-state index in [0.29, 0.717) is 0 Å². The van der Waals surface area contributed by atoms with Crippen LogP contribution in [0, 0.1) is 0 Å². The summed E-state index contributed by atoms with van der Waals surface area (Å²) in [7, 11) is 0. The van der Waals surface area contributed by atoms with Crippen LogP contribution in [0.5, 0.6) is 11.5 Å². The van der Waals surface area contributed by atoms with Gasteiger partial charge in [0.05, 0.1) is 10.9 Å². The van der Waals surface area contributed by atoms with E-state index < -0.39 is 0 Å². The maximum absolute atomic E-state index is 6.88. The molecule has 0 radical (unpaired) electrons. The second kappa shape index (κ2) is 7.96. The van der Waals surface area contributed by atoms with Crippen molar-refractivity contribution in [2.75, 3.05) is 0 Å². The van der Waals surface area contributed by atoms with Crippen molar-refractivity contribution >= 4 is 43.2 Å². The number of fused-ring (bicyclic) bond motifs is 5. The van der Waals surface area contributed by atoms with Crippen molar-refractivity contribution < 1.29 is 4.74 Å². The van der Waals surface area contributed by atoms with Crippen molar-refractivity contribution in [3.8, 4) is 22.6 Å². The molecule has 0 aliphatic rings. The monoisotopic (exact) mass is 447 g/mol. The lowest BCUT2D eigenvalue weighted by Gasteiger charge is -2.19. The van der Waals surface area contributed by atoms with E-state index in [9.17, 15) is 0 Å². The van der Waals surface area contributed by atoms with E-state index in [2.05, 4.69) is 115 Å². The third kappa shape index (κ3) is 3.15. The molecule has 0 bridgehead atoms. The third-order valence-electron chi connectivity index (χ3n) is 6.73. The normalized spacial score (nSPS) is 11.4. The molecule has 6 aromatic carbocycles. The van der Waals surface area contributed by atoms with Crippen molar-refractivity contribution in [3.63, 3.8) is 0 Å². The van der Waals surface area contributed by atoms with Gasteiger partial charge >= 0.3 is 0 Å². The van der Waals surface area contributed by atoms with Crippen LogP contribution in [0.2, 0.25) is 0 Å². The summed E-state index contributed by atoms with van der Waals surface area (Å²) in [6.07, 6.45) is 1.97. The van der Waals surface area contributed by atoms with Crippen LogP contribution in [0.15, 0.2) is 128 Å². The lowest BCUT2D eigenvalue weighted by Crippen LogP contribution is -1.95. The number of hydrogen-bond acceptors (Lipinski definition) is 2. The minimum Gasteiger partial charge on any atom is -0.455 e. The molecule has 35 heavy (non-hydrogen) atoms. The van der Waals surface area contributed by atoms with Gasteiger partial charge in [0.15, 0.2) is 0 Å². The van der Waals surface area contributed by atoms with Crippen LogP contribution in [0.1, 0.15) is 0 Å². The fourth-order valence-electron chi connectivity index (χ4n) is 5.14. The summed E-state index contributed by atoms with van der Waals surface area (Å²) >= 11 is 0. The van der Waals surface area contributed by atoms with Gasteiger partial charge in [-0.15, -0.1) is 0 Å². The summed E-state index contributed by atoms with van der Waals surface area (Å²) in [4.78, 5) is 5.02. The Morgan fingerprint density at radius 3 is 1.94 bits per heavy atom. The van der Waals surface area contributed by atoms with Gasteiger partial charge in [-0.05, 0) is 27.8 Å². The highest BCUT2D eigenvalue weighted by Gasteiger charge is 2.20. The van der Waals surface area contributed by atoms with E-state index in [4.69, 9.17) is 9.72 Å². The van der Waals surface area contributed by atoms with E-state index in [0.717, 1.165) is 65.8 Å². The van der Waals surface area contributed by atoms with Gasteiger partial charge < -0.3 is 4.74 Å². The van der Waals surface area contributed by atoms with Crippen molar-refractivity contribution in [2.45, 2.75) is 0 Å². The van der Waals surface area contributed by atoms with E-state index >= 15 is 0 Å². The number of rotatable bonds is 3. The van der Waals surface area contributed by atoms with Crippen molar-refractivity contribution in [3.05, 3.63) is 128 Å². The molecule has 0 N–H and O–H groups in total. The van der Waals surface area contributed by atoms with Gasteiger partial charge in [0, 0.05) is 27.9 Å². The van der Waals surface area contributed by atoms with Crippen molar-refractivity contribution in [1.29, 1.82) is 0 Å². The van der Waals surface area contributed by atoms with Crippen LogP contribution >= 0.6 is 0 Å². The van der Waals surface area contributed by atoms with Crippen LogP contribution < -0.4 is 4.74 Å². The maximum atomic E-state index is 6.88. The third-order valence-corrected chi connectivity index (χ3v) is 6.73. The number of ether oxygens (including phenoxy) is 1. The summed E-state index contributed by atoms with van der Waals surface area (Å²) in [5, 5.41) is 7.71. The Bertz CT molecular complexity index is 1870. The van der Waals surface area contributed by atoms with E-state index in [1.807, 2.05) is 12.3 Å². The van der Waals surface area contributed by atoms with Crippen LogP contribution in [0.4, 0.5) is 0 Å². The Labute approximate surface area is 203 Å². The molecule has 7 aromatic rings. The number of pyridine rings is 1. The minimum atomic E-state index is 0.843. The first-order chi connectivity index (χ1) is 17.4. The molecule has 0 unspecified atom stereocenters. The molecular formula is C33H21NO. The number of aromatic nitrogens is 1. The summed E-state index contributed by atoms with van der Waals surface area (Å²) < 4.78 is 6.88. The Hall–Kier alpha value is -4.69. The highest BCUT2D eigenvalue weighted by atomic mass is 16.5. The second-order valence-electron chi connectivity index (χ2n) is 8.76. The minimum absolute atomic E-state index is 0.843. The molecule has 0 aliphatic carbocycles. The molecule has 2 heteroatoms. The van der Waals surface area contributed by atoms with Crippen LogP contribution in [-0.4, -0.2) is 4.98 Å². The maximum Gasteiger partial charge on any atom is 0.145 e. The summed E-state index contributed by atoms with van der Waals surface area (Å²) in [5.74, 6) is 1.69. The van der Waals surface area contributed by atoms with Crippen LogP contribution in [0.3, 0.4) is 0 Å². The van der Waals surface area contributed by atoms with Gasteiger partial charge in [0.2, 0.25) is 0 Å². The second-order valence-corrected chi connectivity index (χ2v) is 8.76. The van der Waals surface area contributed by atoms with Gasteiger partial charge in [0.25, 0.3) is 0 Å². The van der Waals surface area contributed by atoms with E-state index in [1.54, 1.807) is 0 Å². The molecule has 0 aliphatic heterocycles. The molecule has 0 spiro atoms. The number of hydrogen-bond donors (Lipinski definition) is 0. The molecular weight excluding hydrogens is 426 g/mol. The molecule has 2 nitrogen and oxygen atoms in total. The average Bonchev–Trinajstić information content (AvgIpc) is 2.93. The van der Waals surface area contributed by atoms with E-state index in [1.165, 1.54) is 0 Å². The lowest BCUT2D eigenvalue weighted by atomic mass is 9.92. The predicted octanol–water partition coefficient (Wildman–Crippen LogP) is 9.15. The van der Waals surface area contributed by atoms with Crippen molar-refractivity contribution in [2.24, 2.45) is 0 Å². The average molecular weight is 448 g/mol. The lowest BCUT2D eigenvalue weighted by molar-refractivity contribution is 0.500. The fraction of sp³-hybridized carbons (Fsp3) is 0. The standard InChI is InChI=1S/C33H21NO/c1-2-12-23(13-3-1)30-27-18-8-9-19-28(27)33(31-26-17-7-5-14-24(26)21-34-32(30)31)35-29-20-10-15-22-11-4-6-16-25(22)29/h1-21H. The van der Waals surface area contributed by atoms with Crippen LogP contribution in [-0.2, 0) is 0 Å². The summed E-state index contributed by atoms with van der Waals surface area (Å²) in [5.41, 5.74) is 3.23. The smallest absolute Gasteiger partial charge is 0.145 e. The molecule has 0 amide bonds. The van der Waals surface area contributed by atoms with Crippen LogP contribution in [0.25, 0.3) is 54.3 Å². The molecule has 0 saturated heterocycles. The Morgan fingerprint density at radius 2 is 1.11 bits per heavy atom. The fourth-order valence-corrected chi connectivity index (χ4v) is 5.14. The summed E-state index contributed by atoms with van der Waals surface area (Å²) in [6.45, 7) is 0. The van der Waals surface area contributed by atoms with Gasteiger partial charge in [-0.2, -0.15) is 0 Å². The van der Waals surface area contributed by atoms with Crippen molar-refractivity contribution in [1.82, 2.24) is 4.98 Å². The predicted molar refractivity (Wildman–Crippen MR) is 146 cm³/mol. The highest BCUT2D eigenvalue weighted by Crippen LogP contribution is 2.46. The Kier molecular flexibility index (Phi) is 4.49. The zero-order valence-electron chi connectivity index (χ0n) is 19.0. The zero-order chi connectivity index (χ0) is 23.2. The van der Waals surface area contributed by atoms with Gasteiger partial charge in [0.1, 0.15) is 11.5 Å². The van der Waals surface area contributed by atoms with E-state index in [-0.39, 0.29) is 0 Å². The van der Waals surface area contributed by atoms with Gasteiger partial charge in [-0.1, -0.05) is 115 Å². The molecule has 7 rings (SSSR count). The molecule has 0 saturated carbocycles. The number of benzene rings is 6. The summed E-state index contributed by atoms with van der Waals surface area (Å²) in [6, 6.07) is 42.0. The molecule has 0 atom stereocenters. The Balaban J connectivity index is 1.65. The highest BCUT2D eigenvalue weighted by molar-refractivity contribution is 6.22. The molecule has 1 aromatic heterocycles. The first kappa shape index (κ1) is 19.7. The Morgan fingerprint density at radius 1 is 0.486 bits per heavy atom. The number of nitrogens with zero attached hydrogens (tertiary/aromatic N) is 1. The first-order valence-electron chi connectivity index (χ1n) is 11.8. The quantitative estimate of drug-likeness (QED) is 0.199. The molecule has 1 heterocycles. The first-order valence-corrected chi connectivity index (χ1v) is 11.8. The topological polar surface area (TPSA) is 22.1 Å². The zero-order valence-corrected chi connectivity index (χ0v) is 19.0. The molecule has 164 valence electrons. The molecule has 0 fully saturated rings. The SMILES string of the molecule is c1ccc(-c2c3ccccc3c(Oc3cccc4ccccc34)c3c2ncc2ccccc23)cc1.